The molecule has 0 heterocycles. The Bertz CT molecular complexity index is 621. The predicted octanol–water partition coefficient (Wildman–Crippen LogP) is 2.76. The number of carbonyl (C=O) groups is 1. The number of carbonyl (C=O) groups excluding carboxylic acids is 1. The van der Waals surface area contributed by atoms with Gasteiger partial charge in [-0.25, -0.2) is 0 Å². The van der Waals surface area contributed by atoms with Crippen LogP contribution in [0.15, 0.2) is 42.5 Å². The topological polar surface area (TPSA) is 64.3 Å². The normalized spacial score (nSPS) is 10.2. The van der Waals surface area contributed by atoms with Crippen LogP contribution in [-0.4, -0.2) is 19.6 Å². The van der Waals surface area contributed by atoms with Crippen LogP contribution in [0.4, 0.5) is 5.69 Å². The Hall–Kier alpha value is -2.33. The van der Waals surface area contributed by atoms with Crippen molar-refractivity contribution < 1.29 is 9.53 Å². The van der Waals surface area contributed by atoms with Gasteiger partial charge in [-0.2, -0.15) is 0 Å². The number of anilines is 1. The summed E-state index contributed by atoms with van der Waals surface area (Å²) < 4.78 is 5.29. The number of rotatable bonds is 5. The van der Waals surface area contributed by atoms with Crippen molar-refractivity contribution in [2.75, 3.05) is 19.0 Å². The number of benzene rings is 2. The van der Waals surface area contributed by atoms with Crippen LogP contribution in [-0.2, 0) is 6.42 Å². The molecule has 0 spiro atoms. The first-order valence-corrected chi connectivity index (χ1v) is 6.89. The van der Waals surface area contributed by atoms with Crippen LogP contribution in [0.25, 0.3) is 0 Å². The molecular formula is C17H20N2O2. The van der Waals surface area contributed by atoms with Gasteiger partial charge in [0.05, 0.1) is 12.8 Å². The van der Waals surface area contributed by atoms with Crippen LogP contribution < -0.4 is 15.8 Å². The average molecular weight is 284 g/mol. The molecule has 1 amide bonds. The highest BCUT2D eigenvalue weighted by molar-refractivity contribution is 6.05. The van der Waals surface area contributed by atoms with Crippen LogP contribution in [0.3, 0.4) is 0 Å². The van der Waals surface area contributed by atoms with Gasteiger partial charge in [0.1, 0.15) is 5.75 Å². The Kier molecular flexibility index (Phi) is 4.95. The standard InChI is InChI=1S/C17H20N2O2/c1-12-3-8-15(16(11-12)21-2)19-17(20)14-6-4-13(5-7-14)9-10-18/h3-8,11H,9-10,18H2,1-2H3,(H,19,20). The third-order valence-corrected chi connectivity index (χ3v) is 3.25. The monoisotopic (exact) mass is 284 g/mol. The Labute approximate surface area is 124 Å². The van der Waals surface area contributed by atoms with Crippen molar-refractivity contribution >= 4 is 11.6 Å². The maximum Gasteiger partial charge on any atom is 0.255 e. The van der Waals surface area contributed by atoms with Gasteiger partial charge < -0.3 is 15.8 Å². The molecule has 2 rings (SSSR count). The van der Waals surface area contributed by atoms with E-state index in [-0.39, 0.29) is 5.91 Å². The summed E-state index contributed by atoms with van der Waals surface area (Å²) >= 11 is 0. The maximum atomic E-state index is 12.2. The second-order valence-electron chi connectivity index (χ2n) is 4.89. The van der Waals surface area contributed by atoms with Gasteiger partial charge >= 0.3 is 0 Å². The second kappa shape index (κ2) is 6.90. The van der Waals surface area contributed by atoms with Crippen LogP contribution in [0.5, 0.6) is 5.75 Å². The van der Waals surface area contributed by atoms with Gasteiger partial charge in [0.2, 0.25) is 0 Å². The summed E-state index contributed by atoms with van der Waals surface area (Å²) in [5.41, 5.74) is 8.99. The second-order valence-corrected chi connectivity index (χ2v) is 4.89. The highest BCUT2D eigenvalue weighted by Gasteiger charge is 2.09. The molecule has 21 heavy (non-hydrogen) atoms. The zero-order valence-corrected chi connectivity index (χ0v) is 12.3. The third-order valence-electron chi connectivity index (χ3n) is 3.25. The largest absolute Gasteiger partial charge is 0.495 e. The number of nitrogens with two attached hydrogens (primary N) is 1. The molecule has 0 radical (unpaired) electrons. The number of methoxy groups -OCH3 is 1. The Balaban J connectivity index is 2.14. The lowest BCUT2D eigenvalue weighted by molar-refractivity contribution is 0.102. The summed E-state index contributed by atoms with van der Waals surface area (Å²) in [6.45, 7) is 2.58. The molecular weight excluding hydrogens is 264 g/mol. The van der Waals surface area contributed by atoms with Gasteiger partial charge in [-0.05, 0) is 55.3 Å². The summed E-state index contributed by atoms with van der Waals surface area (Å²) in [5, 5.41) is 2.87. The number of ether oxygens (including phenoxy) is 1. The molecule has 0 aliphatic carbocycles. The number of aryl methyl sites for hydroxylation is 1. The van der Waals surface area contributed by atoms with E-state index in [0.717, 1.165) is 17.5 Å². The molecule has 2 aromatic rings. The molecule has 110 valence electrons. The number of amides is 1. The van der Waals surface area contributed by atoms with Crippen molar-refractivity contribution in [1.82, 2.24) is 0 Å². The SMILES string of the molecule is COc1cc(C)ccc1NC(=O)c1ccc(CCN)cc1. The summed E-state index contributed by atoms with van der Waals surface area (Å²) in [5.74, 6) is 0.500. The highest BCUT2D eigenvalue weighted by Crippen LogP contribution is 2.25. The van der Waals surface area contributed by atoms with Crippen molar-refractivity contribution in [3.8, 4) is 5.75 Å². The fourth-order valence-electron chi connectivity index (χ4n) is 2.09. The minimum Gasteiger partial charge on any atom is -0.495 e. The Morgan fingerprint density at radius 1 is 1.19 bits per heavy atom. The minimum atomic E-state index is -0.156. The zero-order chi connectivity index (χ0) is 15.2. The average Bonchev–Trinajstić information content (AvgIpc) is 2.50. The molecule has 0 unspecified atom stereocenters. The van der Waals surface area contributed by atoms with Crippen LogP contribution >= 0.6 is 0 Å². The van der Waals surface area contributed by atoms with Gasteiger partial charge in [-0.15, -0.1) is 0 Å². The van der Waals surface area contributed by atoms with Crippen LogP contribution in [0.2, 0.25) is 0 Å². The molecule has 0 saturated carbocycles. The van der Waals surface area contributed by atoms with Crippen LogP contribution in [0, 0.1) is 6.92 Å². The first kappa shape index (κ1) is 15.1. The van der Waals surface area contributed by atoms with E-state index < -0.39 is 0 Å². The van der Waals surface area contributed by atoms with E-state index >= 15 is 0 Å². The maximum absolute atomic E-state index is 12.2. The molecule has 3 N–H and O–H groups in total. The van der Waals surface area contributed by atoms with E-state index in [1.807, 2.05) is 37.3 Å². The molecule has 0 aliphatic rings. The number of nitrogens with one attached hydrogen (secondary N) is 1. The molecule has 2 aromatic carbocycles. The van der Waals surface area contributed by atoms with E-state index in [9.17, 15) is 4.79 Å². The molecule has 4 heteroatoms. The van der Waals surface area contributed by atoms with Gasteiger partial charge in [0.15, 0.2) is 0 Å². The molecule has 0 saturated heterocycles. The molecule has 0 fully saturated rings. The van der Waals surface area contributed by atoms with Gasteiger partial charge in [-0.1, -0.05) is 18.2 Å². The molecule has 0 aromatic heterocycles. The highest BCUT2D eigenvalue weighted by atomic mass is 16.5. The van der Waals surface area contributed by atoms with Crippen molar-refractivity contribution in [2.45, 2.75) is 13.3 Å². The zero-order valence-electron chi connectivity index (χ0n) is 12.3. The van der Waals surface area contributed by atoms with E-state index in [0.29, 0.717) is 23.5 Å². The quantitative estimate of drug-likeness (QED) is 0.887. The lowest BCUT2D eigenvalue weighted by Gasteiger charge is -2.11. The minimum absolute atomic E-state index is 0.156. The first-order valence-electron chi connectivity index (χ1n) is 6.89. The Morgan fingerprint density at radius 2 is 1.90 bits per heavy atom. The van der Waals surface area contributed by atoms with Crippen molar-refractivity contribution in [3.05, 3.63) is 59.2 Å². The number of hydrogen-bond donors (Lipinski definition) is 2. The summed E-state index contributed by atoms with van der Waals surface area (Å²) in [7, 11) is 1.59. The fourth-order valence-corrected chi connectivity index (χ4v) is 2.09. The molecule has 0 atom stereocenters. The third kappa shape index (κ3) is 3.83. The Morgan fingerprint density at radius 3 is 2.52 bits per heavy atom. The van der Waals surface area contributed by atoms with E-state index in [1.165, 1.54) is 0 Å². The molecule has 0 bridgehead atoms. The van der Waals surface area contributed by atoms with Crippen molar-refractivity contribution in [1.29, 1.82) is 0 Å². The smallest absolute Gasteiger partial charge is 0.255 e. The van der Waals surface area contributed by atoms with E-state index in [1.54, 1.807) is 19.2 Å². The lowest BCUT2D eigenvalue weighted by Crippen LogP contribution is -2.13. The lowest BCUT2D eigenvalue weighted by atomic mass is 10.1. The predicted molar refractivity (Wildman–Crippen MR) is 84.9 cm³/mol. The first-order chi connectivity index (χ1) is 10.1. The van der Waals surface area contributed by atoms with Crippen LogP contribution in [0.1, 0.15) is 21.5 Å². The summed E-state index contributed by atoms with van der Waals surface area (Å²) in [6, 6.07) is 13.1. The fraction of sp³-hybridized carbons (Fsp3) is 0.235. The summed E-state index contributed by atoms with van der Waals surface area (Å²) in [4.78, 5) is 12.2. The van der Waals surface area contributed by atoms with Gasteiger partial charge in [0.25, 0.3) is 5.91 Å². The molecule has 4 nitrogen and oxygen atoms in total. The van der Waals surface area contributed by atoms with Gasteiger partial charge in [0, 0.05) is 5.56 Å². The van der Waals surface area contributed by atoms with Gasteiger partial charge in [-0.3, -0.25) is 4.79 Å². The molecule has 0 aliphatic heterocycles. The number of hydrogen-bond acceptors (Lipinski definition) is 3. The van der Waals surface area contributed by atoms with E-state index in [4.69, 9.17) is 10.5 Å². The van der Waals surface area contributed by atoms with E-state index in [2.05, 4.69) is 5.32 Å². The van der Waals surface area contributed by atoms with Crippen molar-refractivity contribution in [3.63, 3.8) is 0 Å². The summed E-state index contributed by atoms with van der Waals surface area (Å²) in [6.07, 6.45) is 0.813. The van der Waals surface area contributed by atoms with Crippen molar-refractivity contribution in [2.24, 2.45) is 5.73 Å².